The van der Waals surface area contributed by atoms with E-state index in [1.807, 2.05) is 0 Å². The fraction of sp³-hybridized carbons (Fsp3) is 0.350. The molecule has 1 aromatic carbocycles. The Morgan fingerprint density at radius 2 is 2.16 bits per heavy atom. The molecule has 1 saturated heterocycles. The normalized spacial score (nSPS) is 15.0. The van der Waals surface area contributed by atoms with E-state index in [9.17, 15) is 18.8 Å². The summed E-state index contributed by atoms with van der Waals surface area (Å²) in [5, 5.41) is 5.04. The van der Waals surface area contributed by atoms with E-state index in [4.69, 9.17) is 21.1 Å². The van der Waals surface area contributed by atoms with Crippen LogP contribution < -0.4 is 15.5 Å². The van der Waals surface area contributed by atoms with Gasteiger partial charge in [0.25, 0.3) is 11.8 Å². The Kier molecular flexibility index (Phi) is 7.60. The molecule has 166 valence electrons. The van der Waals surface area contributed by atoms with E-state index in [-0.39, 0.29) is 24.8 Å². The van der Waals surface area contributed by atoms with Gasteiger partial charge in [0, 0.05) is 25.4 Å². The van der Waals surface area contributed by atoms with Crippen LogP contribution in [0.4, 0.5) is 15.8 Å². The van der Waals surface area contributed by atoms with Gasteiger partial charge in [-0.15, -0.1) is 11.3 Å². The maximum absolute atomic E-state index is 14.7. The van der Waals surface area contributed by atoms with Crippen molar-refractivity contribution >= 4 is 52.0 Å². The van der Waals surface area contributed by atoms with Gasteiger partial charge < -0.3 is 25.0 Å². The van der Waals surface area contributed by atoms with E-state index in [0.29, 0.717) is 33.6 Å². The molecule has 0 aliphatic carbocycles. The molecule has 0 unspecified atom stereocenters. The van der Waals surface area contributed by atoms with Gasteiger partial charge in [-0.25, -0.2) is 4.39 Å². The lowest BCUT2D eigenvalue weighted by atomic mass is 10.1. The topological polar surface area (TPSA) is 97.0 Å². The fourth-order valence-corrected chi connectivity index (χ4v) is 4.01. The van der Waals surface area contributed by atoms with Gasteiger partial charge in [-0.3, -0.25) is 14.4 Å². The lowest BCUT2D eigenvalue weighted by molar-refractivity contribution is -0.125. The van der Waals surface area contributed by atoms with Crippen molar-refractivity contribution < 1.29 is 28.2 Å². The minimum Gasteiger partial charge on any atom is -0.382 e. The smallest absolute Gasteiger partial charge is 0.262 e. The SMILES string of the molecule is COC[C@@H](NC(=O)c1ccc(Cl)s1)C(=O)Nc1cc(C)c(N2CCOCC2=O)cc1F. The van der Waals surface area contributed by atoms with Gasteiger partial charge in [0.1, 0.15) is 18.5 Å². The molecular weight excluding hydrogens is 449 g/mol. The quantitative estimate of drug-likeness (QED) is 0.649. The number of methoxy groups -OCH3 is 1. The first-order valence-corrected chi connectivity index (χ1v) is 10.5. The Morgan fingerprint density at radius 3 is 2.81 bits per heavy atom. The predicted octanol–water partition coefficient (Wildman–Crippen LogP) is 2.60. The number of halogens is 2. The molecule has 2 heterocycles. The first-order valence-electron chi connectivity index (χ1n) is 9.34. The number of anilines is 2. The van der Waals surface area contributed by atoms with E-state index in [2.05, 4.69) is 10.6 Å². The summed E-state index contributed by atoms with van der Waals surface area (Å²) in [6.45, 7) is 2.21. The summed E-state index contributed by atoms with van der Waals surface area (Å²) in [6, 6.07) is 4.70. The number of morpholine rings is 1. The molecular formula is C20H21ClFN3O5S. The lowest BCUT2D eigenvalue weighted by Gasteiger charge is -2.28. The highest BCUT2D eigenvalue weighted by Crippen LogP contribution is 2.28. The van der Waals surface area contributed by atoms with Gasteiger partial charge in [-0.2, -0.15) is 0 Å². The number of aryl methyl sites for hydroxylation is 1. The molecule has 1 aromatic heterocycles. The molecule has 0 spiro atoms. The van der Waals surface area contributed by atoms with Crippen LogP contribution in [-0.2, 0) is 19.1 Å². The average molecular weight is 470 g/mol. The molecule has 3 amide bonds. The summed E-state index contributed by atoms with van der Waals surface area (Å²) in [5.41, 5.74) is 0.953. The first-order chi connectivity index (χ1) is 14.8. The van der Waals surface area contributed by atoms with Gasteiger partial charge in [-0.05, 0) is 30.7 Å². The number of carbonyl (C=O) groups excluding carboxylic acids is 3. The zero-order valence-electron chi connectivity index (χ0n) is 16.9. The Balaban J connectivity index is 1.74. The maximum Gasteiger partial charge on any atom is 0.262 e. The molecule has 1 aliphatic heterocycles. The average Bonchev–Trinajstić information content (AvgIpc) is 3.17. The summed E-state index contributed by atoms with van der Waals surface area (Å²) in [5.74, 6) is -2.11. The zero-order chi connectivity index (χ0) is 22.5. The summed E-state index contributed by atoms with van der Waals surface area (Å²) in [7, 11) is 1.38. The number of thiophene rings is 1. The van der Waals surface area contributed by atoms with Crippen LogP contribution in [0.15, 0.2) is 24.3 Å². The monoisotopic (exact) mass is 469 g/mol. The molecule has 1 fully saturated rings. The first kappa shape index (κ1) is 23.1. The highest BCUT2D eigenvalue weighted by atomic mass is 35.5. The molecule has 31 heavy (non-hydrogen) atoms. The minimum absolute atomic E-state index is 0.0621. The molecule has 0 saturated carbocycles. The van der Waals surface area contributed by atoms with Crippen molar-refractivity contribution in [3.63, 3.8) is 0 Å². The maximum atomic E-state index is 14.7. The summed E-state index contributed by atoms with van der Waals surface area (Å²) in [4.78, 5) is 38.9. The Bertz CT molecular complexity index is 999. The molecule has 0 bridgehead atoms. The standard InChI is InChI=1S/C20H21ClFN3O5S/c1-11-7-13(12(22)8-15(11)25-5-6-30-10-18(25)26)23-19(27)14(9-29-2)24-20(28)16-3-4-17(21)31-16/h3-4,7-8,14H,5-6,9-10H2,1-2H3,(H,23,27)(H,24,28)/t14-/m1/s1. The number of ether oxygens (including phenoxy) is 2. The molecule has 1 aliphatic rings. The van der Waals surface area contributed by atoms with Crippen LogP contribution in [0.2, 0.25) is 4.34 Å². The van der Waals surface area contributed by atoms with Crippen LogP contribution in [-0.4, -0.2) is 57.2 Å². The molecule has 0 radical (unpaired) electrons. The van der Waals surface area contributed by atoms with Gasteiger partial charge in [-0.1, -0.05) is 11.6 Å². The number of hydrogen-bond donors (Lipinski definition) is 2. The second-order valence-electron chi connectivity index (χ2n) is 6.79. The van der Waals surface area contributed by atoms with Crippen molar-refractivity contribution in [1.29, 1.82) is 0 Å². The highest BCUT2D eigenvalue weighted by molar-refractivity contribution is 7.18. The molecule has 11 heteroatoms. The number of nitrogens with one attached hydrogen (secondary N) is 2. The third-order valence-electron chi connectivity index (χ3n) is 4.57. The van der Waals surface area contributed by atoms with Crippen LogP contribution in [0, 0.1) is 12.7 Å². The third-order valence-corrected chi connectivity index (χ3v) is 5.80. The number of rotatable bonds is 7. The Labute approximate surface area is 187 Å². The second kappa shape index (κ2) is 10.2. The van der Waals surface area contributed by atoms with Gasteiger partial charge in [0.05, 0.1) is 28.1 Å². The van der Waals surface area contributed by atoms with Crippen LogP contribution in [0.25, 0.3) is 0 Å². The second-order valence-corrected chi connectivity index (χ2v) is 8.51. The lowest BCUT2D eigenvalue weighted by Crippen LogP contribution is -2.46. The largest absolute Gasteiger partial charge is 0.382 e. The molecule has 3 rings (SSSR count). The van der Waals surface area contributed by atoms with E-state index in [1.54, 1.807) is 19.1 Å². The van der Waals surface area contributed by atoms with Crippen molar-refractivity contribution in [3.8, 4) is 0 Å². The van der Waals surface area contributed by atoms with Crippen LogP contribution in [0.1, 0.15) is 15.2 Å². The minimum atomic E-state index is -1.06. The van der Waals surface area contributed by atoms with Gasteiger partial charge in [0.15, 0.2) is 0 Å². The number of hydrogen-bond acceptors (Lipinski definition) is 6. The van der Waals surface area contributed by atoms with Crippen molar-refractivity contribution in [2.75, 3.05) is 43.7 Å². The Hall–Kier alpha value is -2.53. The van der Waals surface area contributed by atoms with Crippen molar-refractivity contribution in [2.45, 2.75) is 13.0 Å². The van der Waals surface area contributed by atoms with E-state index < -0.39 is 23.7 Å². The van der Waals surface area contributed by atoms with Crippen LogP contribution >= 0.6 is 22.9 Å². The van der Waals surface area contributed by atoms with Crippen molar-refractivity contribution in [1.82, 2.24) is 5.32 Å². The highest BCUT2D eigenvalue weighted by Gasteiger charge is 2.26. The molecule has 2 aromatic rings. The van der Waals surface area contributed by atoms with Crippen molar-refractivity contribution in [2.24, 2.45) is 0 Å². The number of amides is 3. The summed E-state index contributed by atoms with van der Waals surface area (Å²) >= 11 is 6.91. The fourth-order valence-electron chi connectivity index (χ4n) is 3.07. The van der Waals surface area contributed by atoms with E-state index in [0.717, 1.165) is 11.3 Å². The molecule has 2 N–H and O–H groups in total. The number of carbonyl (C=O) groups is 3. The predicted molar refractivity (Wildman–Crippen MR) is 115 cm³/mol. The van der Waals surface area contributed by atoms with Crippen LogP contribution in [0.3, 0.4) is 0 Å². The van der Waals surface area contributed by atoms with E-state index in [1.165, 1.54) is 24.1 Å². The molecule has 1 atom stereocenters. The van der Waals surface area contributed by atoms with Crippen LogP contribution in [0.5, 0.6) is 0 Å². The van der Waals surface area contributed by atoms with Gasteiger partial charge >= 0.3 is 0 Å². The summed E-state index contributed by atoms with van der Waals surface area (Å²) < 4.78 is 25.3. The van der Waals surface area contributed by atoms with Crippen molar-refractivity contribution in [3.05, 3.63) is 44.9 Å². The number of benzene rings is 1. The third kappa shape index (κ3) is 5.59. The molecule has 8 nitrogen and oxygen atoms in total. The van der Waals surface area contributed by atoms with E-state index >= 15 is 0 Å². The number of nitrogens with zero attached hydrogens (tertiary/aromatic N) is 1. The summed E-state index contributed by atoms with van der Waals surface area (Å²) in [6.07, 6.45) is 0. The zero-order valence-corrected chi connectivity index (χ0v) is 18.4. The van der Waals surface area contributed by atoms with Gasteiger partial charge in [0.2, 0.25) is 5.91 Å². The Morgan fingerprint density at radius 1 is 1.39 bits per heavy atom.